The van der Waals surface area contributed by atoms with E-state index in [9.17, 15) is 9.59 Å². The predicted molar refractivity (Wildman–Crippen MR) is 120 cm³/mol. The van der Waals surface area contributed by atoms with Crippen LogP contribution < -0.4 is 10.1 Å². The van der Waals surface area contributed by atoms with Gasteiger partial charge in [0.1, 0.15) is 5.75 Å². The summed E-state index contributed by atoms with van der Waals surface area (Å²) in [6, 6.07) is 14.2. The molecule has 8 heteroatoms. The number of hydrogen-bond acceptors (Lipinski definition) is 4. The van der Waals surface area contributed by atoms with E-state index < -0.39 is 0 Å². The number of piperidine rings is 1. The average Bonchev–Trinajstić information content (AvgIpc) is 3.17. The van der Waals surface area contributed by atoms with Crippen LogP contribution in [0.25, 0.3) is 0 Å². The number of carbonyl (C=O) groups is 2. The van der Waals surface area contributed by atoms with Gasteiger partial charge in [-0.25, -0.2) is 4.79 Å². The molecule has 0 saturated carbocycles. The zero-order valence-electron chi connectivity index (χ0n) is 16.8. The van der Waals surface area contributed by atoms with Gasteiger partial charge in [-0.05, 0) is 61.4 Å². The molecule has 0 unspecified atom stereocenters. The Kier molecular flexibility index (Phi) is 6.11. The van der Waals surface area contributed by atoms with Gasteiger partial charge >= 0.3 is 6.03 Å². The Morgan fingerprint density at radius 3 is 2.33 bits per heavy atom. The molecular weight excluding hydrogens is 422 g/mol. The lowest BCUT2D eigenvalue weighted by atomic mass is 10.0. The van der Waals surface area contributed by atoms with Crippen LogP contribution in [0.3, 0.4) is 0 Å². The number of methoxy groups -OCH3 is 1. The van der Waals surface area contributed by atoms with E-state index >= 15 is 0 Å². The first kappa shape index (κ1) is 20.9. The SMILES string of the molecule is COc1ccc(NC(=O)N2CCC3(CC2)SCCN3C(=O)c2ccc(Cl)cc2)cc1. The molecule has 1 N–H and O–H groups in total. The molecule has 6 nitrogen and oxygen atoms in total. The summed E-state index contributed by atoms with van der Waals surface area (Å²) in [5, 5.41) is 3.56. The fourth-order valence-electron chi connectivity index (χ4n) is 3.99. The molecule has 2 fully saturated rings. The number of amides is 3. The molecule has 1 spiro atoms. The molecule has 3 amide bonds. The second kappa shape index (κ2) is 8.78. The van der Waals surface area contributed by atoms with Gasteiger partial charge in [0, 0.05) is 41.7 Å². The Balaban J connectivity index is 1.38. The van der Waals surface area contributed by atoms with Crippen LogP contribution in [0.5, 0.6) is 5.75 Å². The summed E-state index contributed by atoms with van der Waals surface area (Å²) < 4.78 is 5.15. The molecular formula is C22H24ClN3O3S. The van der Waals surface area contributed by atoms with Crippen molar-refractivity contribution < 1.29 is 14.3 Å². The summed E-state index contributed by atoms with van der Waals surface area (Å²) in [4.78, 5) is 29.3. The summed E-state index contributed by atoms with van der Waals surface area (Å²) in [5.41, 5.74) is 1.39. The molecule has 2 aliphatic heterocycles. The van der Waals surface area contributed by atoms with Crippen molar-refractivity contribution in [2.75, 3.05) is 37.8 Å². The van der Waals surface area contributed by atoms with E-state index in [1.807, 2.05) is 45.8 Å². The van der Waals surface area contributed by atoms with Crippen molar-refractivity contribution in [3.63, 3.8) is 0 Å². The number of carbonyl (C=O) groups excluding carboxylic acids is 2. The third kappa shape index (κ3) is 4.23. The zero-order chi connectivity index (χ0) is 21.1. The number of rotatable bonds is 3. The number of hydrogen-bond donors (Lipinski definition) is 1. The van der Waals surface area contributed by atoms with Gasteiger partial charge in [-0.2, -0.15) is 0 Å². The smallest absolute Gasteiger partial charge is 0.321 e. The highest BCUT2D eigenvalue weighted by Crippen LogP contribution is 2.44. The normalized spacial score (nSPS) is 17.8. The van der Waals surface area contributed by atoms with Crippen molar-refractivity contribution in [3.05, 3.63) is 59.1 Å². The van der Waals surface area contributed by atoms with Crippen LogP contribution in [0.15, 0.2) is 48.5 Å². The monoisotopic (exact) mass is 445 g/mol. The third-order valence-corrected chi connectivity index (χ3v) is 7.49. The van der Waals surface area contributed by atoms with Crippen molar-refractivity contribution >= 4 is 41.0 Å². The molecule has 30 heavy (non-hydrogen) atoms. The summed E-state index contributed by atoms with van der Waals surface area (Å²) >= 11 is 7.79. The van der Waals surface area contributed by atoms with Crippen LogP contribution in [0.4, 0.5) is 10.5 Å². The number of urea groups is 1. The van der Waals surface area contributed by atoms with Crippen LogP contribution in [0, 0.1) is 0 Å². The fraction of sp³-hybridized carbons (Fsp3) is 0.364. The average molecular weight is 446 g/mol. The molecule has 2 heterocycles. The van der Waals surface area contributed by atoms with E-state index in [1.165, 1.54) is 0 Å². The van der Waals surface area contributed by atoms with E-state index in [0.29, 0.717) is 23.7 Å². The molecule has 2 saturated heterocycles. The Hall–Kier alpha value is -2.38. The number of nitrogens with one attached hydrogen (secondary N) is 1. The number of ether oxygens (including phenoxy) is 1. The molecule has 2 aromatic rings. The lowest BCUT2D eigenvalue weighted by molar-refractivity contribution is 0.0585. The van der Waals surface area contributed by atoms with Gasteiger partial charge in [0.05, 0.1) is 12.0 Å². The lowest BCUT2D eigenvalue weighted by Crippen LogP contribution is -2.54. The fourth-order valence-corrected chi connectivity index (χ4v) is 5.57. The van der Waals surface area contributed by atoms with E-state index in [-0.39, 0.29) is 16.8 Å². The summed E-state index contributed by atoms with van der Waals surface area (Å²) in [7, 11) is 1.61. The van der Waals surface area contributed by atoms with Gasteiger partial charge in [0.15, 0.2) is 0 Å². The van der Waals surface area contributed by atoms with Crippen molar-refractivity contribution in [3.8, 4) is 5.75 Å². The lowest BCUT2D eigenvalue weighted by Gasteiger charge is -2.44. The Labute approximate surface area is 185 Å². The number of likely N-dealkylation sites (tertiary alicyclic amines) is 1. The Bertz CT molecular complexity index is 912. The molecule has 0 atom stereocenters. The van der Waals surface area contributed by atoms with E-state index in [0.717, 1.165) is 36.6 Å². The van der Waals surface area contributed by atoms with Crippen LogP contribution in [0.1, 0.15) is 23.2 Å². The molecule has 0 bridgehead atoms. The van der Waals surface area contributed by atoms with Gasteiger partial charge in [0.25, 0.3) is 5.91 Å². The number of anilines is 1. The minimum Gasteiger partial charge on any atom is -0.497 e. The van der Waals surface area contributed by atoms with Crippen LogP contribution >= 0.6 is 23.4 Å². The number of benzene rings is 2. The van der Waals surface area contributed by atoms with E-state index in [1.54, 1.807) is 31.4 Å². The van der Waals surface area contributed by atoms with Crippen LogP contribution in [-0.4, -0.2) is 59.1 Å². The van der Waals surface area contributed by atoms with Crippen molar-refractivity contribution in [2.24, 2.45) is 0 Å². The number of nitrogens with zero attached hydrogens (tertiary/aromatic N) is 2. The highest BCUT2D eigenvalue weighted by atomic mass is 35.5. The van der Waals surface area contributed by atoms with Gasteiger partial charge in [-0.3, -0.25) is 4.79 Å². The quantitative estimate of drug-likeness (QED) is 0.752. The van der Waals surface area contributed by atoms with E-state index in [4.69, 9.17) is 16.3 Å². The van der Waals surface area contributed by atoms with Gasteiger partial charge < -0.3 is 19.9 Å². The highest BCUT2D eigenvalue weighted by molar-refractivity contribution is 8.00. The molecule has 4 rings (SSSR count). The maximum absolute atomic E-state index is 13.1. The highest BCUT2D eigenvalue weighted by Gasteiger charge is 2.47. The second-order valence-electron chi connectivity index (χ2n) is 7.40. The van der Waals surface area contributed by atoms with Crippen molar-refractivity contribution in [1.82, 2.24) is 9.80 Å². The van der Waals surface area contributed by atoms with Gasteiger partial charge in [-0.1, -0.05) is 11.6 Å². The molecule has 2 aliphatic rings. The maximum Gasteiger partial charge on any atom is 0.321 e. The summed E-state index contributed by atoms with van der Waals surface area (Å²) in [5.74, 6) is 1.70. The largest absolute Gasteiger partial charge is 0.497 e. The minimum absolute atomic E-state index is 0.0350. The Morgan fingerprint density at radius 2 is 1.70 bits per heavy atom. The standard InChI is InChI=1S/C22H24ClN3O3S/c1-29-19-8-6-18(7-9-19)24-21(28)25-12-10-22(11-13-25)26(14-15-30-22)20(27)16-2-4-17(23)5-3-16/h2-9H,10-15H2,1H3,(H,24,28). The zero-order valence-corrected chi connectivity index (χ0v) is 18.3. The second-order valence-corrected chi connectivity index (χ2v) is 9.30. The first-order valence-electron chi connectivity index (χ1n) is 9.92. The predicted octanol–water partition coefficient (Wildman–Crippen LogP) is 4.56. The first-order valence-corrected chi connectivity index (χ1v) is 11.3. The minimum atomic E-state index is -0.242. The van der Waals surface area contributed by atoms with Gasteiger partial charge in [-0.15, -0.1) is 11.8 Å². The summed E-state index contributed by atoms with van der Waals surface area (Å²) in [6.07, 6.45) is 1.51. The van der Waals surface area contributed by atoms with Crippen molar-refractivity contribution in [1.29, 1.82) is 0 Å². The van der Waals surface area contributed by atoms with Gasteiger partial charge in [0.2, 0.25) is 0 Å². The maximum atomic E-state index is 13.1. The number of halogens is 1. The van der Waals surface area contributed by atoms with E-state index in [2.05, 4.69) is 5.32 Å². The number of thioether (sulfide) groups is 1. The topological polar surface area (TPSA) is 61.9 Å². The molecule has 0 aliphatic carbocycles. The molecule has 0 aromatic heterocycles. The molecule has 2 aromatic carbocycles. The molecule has 158 valence electrons. The van der Waals surface area contributed by atoms with Crippen LogP contribution in [-0.2, 0) is 0 Å². The van der Waals surface area contributed by atoms with Crippen LogP contribution in [0.2, 0.25) is 5.02 Å². The summed E-state index contributed by atoms with van der Waals surface area (Å²) in [6.45, 7) is 1.95. The first-order chi connectivity index (χ1) is 14.5. The molecule has 0 radical (unpaired) electrons. The van der Waals surface area contributed by atoms with Crippen molar-refractivity contribution in [2.45, 2.75) is 17.7 Å². The third-order valence-electron chi connectivity index (χ3n) is 5.69. The Morgan fingerprint density at radius 1 is 1.03 bits per heavy atom.